The van der Waals surface area contributed by atoms with Gasteiger partial charge in [-0.05, 0) is 99.3 Å². The number of amides is 3. The van der Waals surface area contributed by atoms with Crippen LogP contribution in [-0.4, -0.2) is 41.8 Å². The van der Waals surface area contributed by atoms with E-state index in [4.69, 9.17) is 0 Å². The monoisotopic (exact) mass is 435 g/mol. The molecule has 2 heterocycles. The molecule has 4 aliphatic carbocycles. The molecule has 3 amide bonds. The van der Waals surface area contributed by atoms with Crippen LogP contribution in [0.2, 0.25) is 0 Å². The molecule has 5 fully saturated rings. The van der Waals surface area contributed by atoms with Crippen molar-refractivity contribution in [2.75, 3.05) is 23.3 Å². The molecule has 0 spiro atoms. The molecule has 6 aliphatic rings. The summed E-state index contributed by atoms with van der Waals surface area (Å²) in [6.07, 6.45) is 9.52. The number of fused-ring (bicyclic) bond motifs is 1. The molecule has 170 valence electrons. The lowest BCUT2D eigenvalue weighted by Crippen LogP contribution is -2.56. The van der Waals surface area contributed by atoms with Gasteiger partial charge in [0.25, 0.3) is 0 Å². The molecule has 6 nitrogen and oxygen atoms in total. The van der Waals surface area contributed by atoms with Crippen LogP contribution < -0.4 is 10.2 Å². The van der Waals surface area contributed by atoms with Gasteiger partial charge in [0.05, 0.1) is 5.41 Å². The fourth-order valence-corrected chi connectivity index (χ4v) is 7.99. The topological polar surface area (TPSA) is 69.7 Å². The number of anilines is 2. The molecule has 1 N–H and O–H groups in total. The maximum atomic E-state index is 13.8. The molecule has 7 rings (SSSR count). The van der Waals surface area contributed by atoms with Gasteiger partial charge < -0.3 is 15.1 Å². The second-order valence-electron chi connectivity index (χ2n) is 11.1. The highest BCUT2D eigenvalue weighted by atomic mass is 16.2. The Morgan fingerprint density at radius 2 is 1.69 bits per heavy atom. The van der Waals surface area contributed by atoms with Crippen LogP contribution in [0.3, 0.4) is 0 Å². The smallest absolute Gasteiger partial charge is 0.247 e. The lowest BCUT2D eigenvalue weighted by Gasteiger charge is -2.56. The Morgan fingerprint density at radius 3 is 2.34 bits per heavy atom. The van der Waals surface area contributed by atoms with E-state index in [-0.39, 0.29) is 29.2 Å². The first-order valence-electron chi connectivity index (χ1n) is 12.4. The molecule has 1 saturated heterocycles. The zero-order valence-electron chi connectivity index (χ0n) is 18.9. The van der Waals surface area contributed by atoms with E-state index in [9.17, 15) is 14.4 Å². The SMILES string of the molecule is CC(=O)N1CCc2cc(NC(=O)[C@@H]3CCCN3C(=O)C34CC5CC(CC(C5)C3)C4)ccc21. The number of rotatable bonds is 3. The molecule has 4 saturated carbocycles. The van der Waals surface area contributed by atoms with Crippen LogP contribution in [-0.2, 0) is 20.8 Å². The van der Waals surface area contributed by atoms with Crippen molar-refractivity contribution in [3.63, 3.8) is 0 Å². The summed E-state index contributed by atoms with van der Waals surface area (Å²) in [5.41, 5.74) is 2.59. The van der Waals surface area contributed by atoms with E-state index in [1.54, 1.807) is 11.8 Å². The third kappa shape index (κ3) is 3.17. The predicted octanol–water partition coefficient (Wildman–Crippen LogP) is 3.74. The maximum Gasteiger partial charge on any atom is 0.247 e. The lowest BCUT2D eigenvalue weighted by atomic mass is 9.49. The van der Waals surface area contributed by atoms with Crippen molar-refractivity contribution in [2.45, 2.75) is 70.8 Å². The zero-order valence-corrected chi connectivity index (χ0v) is 18.9. The Hall–Kier alpha value is -2.37. The Morgan fingerprint density at radius 1 is 1.00 bits per heavy atom. The highest BCUT2D eigenvalue weighted by Gasteiger charge is 2.56. The van der Waals surface area contributed by atoms with Crippen LogP contribution in [0.4, 0.5) is 11.4 Å². The van der Waals surface area contributed by atoms with Gasteiger partial charge in [-0.3, -0.25) is 14.4 Å². The largest absolute Gasteiger partial charge is 0.330 e. The molecule has 4 bridgehead atoms. The van der Waals surface area contributed by atoms with Gasteiger partial charge in [0.2, 0.25) is 17.7 Å². The summed E-state index contributed by atoms with van der Waals surface area (Å²) in [7, 11) is 0. The Labute approximate surface area is 189 Å². The molecule has 0 radical (unpaired) electrons. The quantitative estimate of drug-likeness (QED) is 0.786. The number of likely N-dealkylation sites (tertiary alicyclic amines) is 1. The van der Waals surface area contributed by atoms with Gasteiger partial charge >= 0.3 is 0 Å². The van der Waals surface area contributed by atoms with Crippen LogP contribution in [0.1, 0.15) is 63.9 Å². The van der Waals surface area contributed by atoms with Crippen LogP contribution in [0.5, 0.6) is 0 Å². The maximum absolute atomic E-state index is 13.8. The van der Waals surface area contributed by atoms with Crippen molar-refractivity contribution in [2.24, 2.45) is 23.2 Å². The summed E-state index contributed by atoms with van der Waals surface area (Å²) in [4.78, 5) is 42.6. The van der Waals surface area contributed by atoms with Gasteiger partial charge in [-0.15, -0.1) is 0 Å². The van der Waals surface area contributed by atoms with Crippen LogP contribution in [0.25, 0.3) is 0 Å². The highest BCUT2D eigenvalue weighted by Crippen LogP contribution is 2.60. The standard InChI is InChI=1S/C26H33N3O3/c1-16(30)28-8-6-20-12-21(4-5-22(20)28)27-24(31)23-3-2-7-29(23)25(32)26-13-17-9-18(14-26)11-19(10-17)15-26/h4-5,12,17-19,23H,2-3,6-11,13-15H2,1H3,(H,27,31)/t17?,18?,19?,23-,26?/m0/s1. The molecular weight excluding hydrogens is 402 g/mol. The third-order valence-electron chi connectivity index (χ3n) is 8.93. The van der Waals surface area contributed by atoms with Gasteiger partial charge in [0, 0.05) is 31.4 Å². The molecule has 1 aromatic rings. The summed E-state index contributed by atoms with van der Waals surface area (Å²) >= 11 is 0. The molecule has 6 heteroatoms. The van der Waals surface area contributed by atoms with Crippen molar-refractivity contribution in [1.82, 2.24) is 4.90 Å². The summed E-state index contributed by atoms with van der Waals surface area (Å²) in [5, 5.41) is 3.08. The first-order valence-corrected chi connectivity index (χ1v) is 12.4. The summed E-state index contributed by atoms with van der Waals surface area (Å²) in [6.45, 7) is 2.98. The van der Waals surface area contributed by atoms with Crippen molar-refractivity contribution >= 4 is 29.1 Å². The Balaban J connectivity index is 1.17. The minimum Gasteiger partial charge on any atom is -0.330 e. The van der Waals surface area contributed by atoms with E-state index < -0.39 is 0 Å². The first kappa shape index (κ1) is 20.3. The van der Waals surface area contributed by atoms with E-state index in [1.807, 2.05) is 23.1 Å². The van der Waals surface area contributed by atoms with E-state index >= 15 is 0 Å². The van der Waals surface area contributed by atoms with Crippen molar-refractivity contribution in [3.8, 4) is 0 Å². The number of benzene rings is 1. The normalized spacial score (nSPS) is 34.7. The molecule has 0 aromatic heterocycles. The van der Waals surface area contributed by atoms with Gasteiger partial charge in [-0.25, -0.2) is 0 Å². The molecular formula is C26H33N3O3. The highest BCUT2D eigenvalue weighted by molar-refractivity contribution is 5.99. The van der Waals surface area contributed by atoms with Crippen LogP contribution in [0, 0.1) is 23.2 Å². The number of carbonyl (C=O) groups is 3. The summed E-state index contributed by atoms with van der Waals surface area (Å²) in [5.74, 6) is 2.41. The predicted molar refractivity (Wildman–Crippen MR) is 122 cm³/mol. The van der Waals surface area contributed by atoms with E-state index in [1.165, 1.54) is 19.3 Å². The molecule has 32 heavy (non-hydrogen) atoms. The van der Waals surface area contributed by atoms with Crippen LogP contribution >= 0.6 is 0 Å². The van der Waals surface area contributed by atoms with E-state index in [0.717, 1.165) is 73.2 Å². The number of hydrogen-bond acceptors (Lipinski definition) is 3. The zero-order chi connectivity index (χ0) is 22.0. The molecule has 1 atom stereocenters. The Bertz CT molecular complexity index is 951. The number of carbonyl (C=O) groups excluding carboxylic acids is 3. The van der Waals surface area contributed by atoms with Crippen molar-refractivity contribution < 1.29 is 14.4 Å². The fourth-order valence-electron chi connectivity index (χ4n) is 7.99. The van der Waals surface area contributed by atoms with E-state index in [2.05, 4.69) is 5.32 Å². The summed E-state index contributed by atoms with van der Waals surface area (Å²) < 4.78 is 0. The number of nitrogens with zero attached hydrogens (tertiary/aromatic N) is 2. The van der Waals surface area contributed by atoms with Crippen LogP contribution in [0.15, 0.2) is 18.2 Å². The third-order valence-corrected chi connectivity index (χ3v) is 8.93. The van der Waals surface area contributed by atoms with Crippen molar-refractivity contribution in [1.29, 1.82) is 0 Å². The first-order chi connectivity index (χ1) is 15.4. The van der Waals surface area contributed by atoms with Gasteiger partial charge in [0.15, 0.2) is 0 Å². The number of hydrogen-bond donors (Lipinski definition) is 1. The molecule has 1 aromatic carbocycles. The van der Waals surface area contributed by atoms with Gasteiger partial charge in [-0.1, -0.05) is 0 Å². The second-order valence-corrected chi connectivity index (χ2v) is 11.1. The fraction of sp³-hybridized carbons (Fsp3) is 0.654. The minimum atomic E-state index is -0.363. The minimum absolute atomic E-state index is 0.0466. The van der Waals surface area contributed by atoms with Gasteiger partial charge in [-0.2, -0.15) is 0 Å². The lowest BCUT2D eigenvalue weighted by molar-refractivity contribution is -0.160. The Kier molecular flexibility index (Phi) is 4.63. The average Bonchev–Trinajstić information content (AvgIpc) is 3.39. The average molecular weight is 436 g/mol. The summed E-state index contributed by atoms with van der Waals surface area (Å²) in [6, 6.07) is 5.42. The van der Waals surface area contributed by atoms with Gasteiger partial charge in [0.1, 0.15) is 6.04 Å². The van der Waals surface area contributed by atoms with Crippen molar-refractivity contribution in [3.05, 3.63) is 23.8 Å². The molecule has 2 aliphatic heterocycles. The second kappa shape index (κ2) is 7.32. The number of nitrogens with one attached hydrogen (secondary N) is 1. The van der Waals surface area contributed by atoms with E-state index in [0.29, 0.717) is 13.1 Å². The molecule has 0 unspecified atom stereocenters.